The fourth-order valence-electron chi connectivity index (χ4n) is 3.05. The van der Waals surface area contributed by atoms with Crippen LogP contribution in [0.15, 0.2) is 46.9 Å². The van der Waals surface area contributed by atoms with Gasteiger partial charge in [-0.15, -0.1) is 0 Å². The lowest BCUT2D eigenvalue weighted by molar-refractivity contribution is -0.122. The summed E-state index contributed by atoms with van der Waals surface area (Å²) in [7, 11) is 0. The predicted molar refractivity (Wildman–Crippen MR) is 109 cm³/mol. The van der Waals surface area contributed by atoms with Gasteiger partial charge < -0.3 is 15.5 Å². The number of rotatable bonds is 4. The fraction of sp³-hybridized carbons (Fsp3) is 0.250. The Labute approximate surface area is 166 Å². The Morgan fingerprint density at radius 2 is 1.93 bits per heavy atom. The third-order valence-electron chi connectivity index (χ3n) is 4.43. The molecule has 1 fully saturated rings. The van der Waals surface area contributed by atoms with Gasteiger partial charge in [-0.25, -0.2) is 0 Å². The Morgan fingerprint density at radius 3 is 2.63 bits per heavy atom. The lowest BCUT2D eigenvalue weighted by Crippen LogP contribution is -2.28. The van der Waals surface area contributed by atoms with Crippen molar-refractivity contribution in [2.24, 2.45) is 5.92 Å². The standard InChI is InChI=1S/C20H20BrN3O3/c1-12-6-7-16(10-18(12)22-13(2)25)23-20(27)14-8-19(26)24(11-14)17-5-3-4-15(21)9-17/h3-7,9-10,14H,8,11H2,1-2H3,(H,22,25)(H,23,27). The Morgan fingerprint density at radius 1 is 1.15 bits per heavy atom. The second-order valence-electron chi connectivity index (χ2n) is 6.59. The van der Waals surface area contributed by atoms with Crippen LogP contribution in [0.3, 0.4) is 0 Å². The normalized spacial score (nSPS) is 16.3. The highest BCUT2D eigenvalue weighted by atomic mass is 79.9. The molecule has 2 aromatic rings. The first-order valence-electron chi connectivity index (χ1n) is 8.58. The van der Waals surface area contributed by atoms with Gasteiger partial charge in [-0.3, -0.25) is 14.4 Å². The van der Waals surface area contributed by atoms with Gasteiger partial charge in [0.2, 0.25) is 17.7 Å². The first kappa shape index (κ1) is 19.1. The van der Waals surface area contributed by atoms with Gasteiger partial charge >= 0.3 is 0 Å². The highest BCUT2D eigenvalue weighted by Gasteiger charge is 2.35. The van der Waals surface area contributed by atoms with Gasteiger partial charge in [0, 0.05) is 41.4 Å². The van der Waals surface area contributed by atoms with Crippen LogP contribution >= 0.6 is 15.9 Å². The quantitative estimate of drug-likeness (QED) is 0.777. The SMILES string of the molecule is CC(=O)Nc1cc(NC(=O)C2CC(=O)N(c3cccc(Br)c3)C2)ccc1C. The average molecular weight is 430 g/mol. The van der Waals surface area contributed by atoms with Crippen LogP contribution in [-0.4, -0.2) is 24.3 Å². The minimum atomic E-state index is -0.429. The van der Waals surface area contributed by atoms with Crippen LogP contribution < -0.4 is 15.5 Å². The van der Waals surface area contributed by atoms with E-state index < -0.39 is 5.92 Å². The third-order valence-corrected chi connectivity index (χ3v) is 4.92. The number of amides is 3. The second kappa shape index (κ2) is 7.92. The summed E-state index contributed by atoms with van der Waals surface area (Å²) >= 11 is 3.40. The van der Waals surface area contributed by atoms with E-state index in [1.54, 1.807) is 17.0 Å². The number of carbonyl (C=O) groups excluding carboxylic acids is 3. The Kier molecular flexibility index (Phi) is 5.60. The summed E-state index contributed by atoms with van der Waals surface area (Å²) in [6.45, 7) is 3.65. The molecule has 1 unspecified atom stereocenters. The minimum absolute atomic E-state index is 0.0731. The average Bonchev–Trinajstić information content (AvgIpc) is 2.99. The van der Waals surface area contributed by atoms with Crippen LogP contribution in [0.1, 0.15) is 18.9 Å². The molecule has 0 radical (unpaired) electrons. The number of anilines is 3. The molecule has 27 heavy (non-hydrogen) atoms. The van der Waals surface area contributed by atoms with Crippen LogP contribution in [-0.2, 0) is 14.4 Å². The number of hydrogen-bond donors (Lipinski definition) is 2. The number of benzene rings is 2. The molecule has 140 valence electrons. The zero-order chi connectivity index (χ0) is 19.6. The zero-order valence-electron chi connectivity index (χ0n) is 15.1. The molecule has 0 saturated carbocycles. The molecule has 1 saturated heterocycles. The summed E-state index contributed by atoms with van der Waals surface area (Å²) in [4.78, 5) is 37.9. The largest absolute Gasteiger partial charge is 0.326 e. The van der Waals surface area contributed by atoms with Crippen molar-refractivity contribution >= 4 is 50.7 Å². The maximum Gasteiger partial charge on any atom is 0.229 e. The number of hydrogen-bond acceptors (Lipinski definition) is 3. The summed E-state index contributed by atoms with van der Waals surface area (Å²) in [6.07, 6.45) is 0.169. The van der Waals surface area contributed by atoms with E-state index >= 15 is 0 Å². The van der Waals surface area contributed by atoms with E-state index in [0.29, 0.717) is 17.9 Å². The fourth-order valence-corrected chi connectivity index (χ4v) is 3.43. The van der Waals surface area contributed by atoms with E-state index in [0.717, 1.165) is 15.7 Å². The van der Waals surface area contributed by atoms with E-state index in [1.165, 1.54) is 6.92 Å². The van der Waals surface area contributed by atoms with Gasteiger partial charge in [0.25, 0.3) is 0 Å². The number of nitrogens with one attached hydrogen (secondary N) is 2. The van der Waals surface area contributed by atoms with E-state index in [4.69, 9.17) is 0 Å². The van der Waals surface area contributed by atoms with Crippen LogP contribution in [0.25, 0.3) is 0 Å². The first-order chi connectivity index (χ1) is 12.8. The molecular formula is C20H20BrN3O3. The van der Waals surface area contributed by atoms with Crippen molar-refractivity contribution in [3.8, 4) is 0 Å². The van der Waals surface area contributed by atoms with Crippen molar-refractivity contribution in [3.63, 3.8) is 0 Å². The van der Waals surface area contributed by atoms with Crippen LogP contribution in [0.5, 0.6) is 0 Å². The molecule has 0 bridgehead atoms. The molecule has 2 aromatic carbocycles. The van der Waals surface area contributed by atoms with E-state index in [-0.39, 0.29) is 24.1 Å². The molecule has 1 heterocycles. The van der Waals surface area contributed by atoms with Crippen molar-refractivity contribution in [3.05, 3.63) is 52.5 Å². The summed E-state index contributed by atoms with van der Waals surface area (Å²) in [5.41, 5.74) is 2.91. The molecule has 0 spiro atoms. The smallest absolute Gasteiger partial charge is 0.229 e. The summed E-state index contributed by atoms with van der Waals surface area (Å²) in [5, 5.41) is 5.59. The molecule has 1 atom stereocenters. The maximum atomic E-state index is 12.6. The Balaban J connectivity index is 1.70. The predicted octanol–water partition coefficient (Wildman–Crippen LogP) is 3.71. The molecule has 3 amide bonds. The number of halogens is 1. The van der Waals surface area contributed by atoms with Gasteiger partial charge in [0.15, 0.2) is 0 Å². The molecule has 0 aliphatic carbocycles. The van der Waals surface area contributed by atoms with Gasteiger partial charge in [-0.05, 0) is 42.8 Å². The molecule has 7 heteroatoms. The van der Waals surface area contributed by atoms with Gasteiger partial charge in [-0.2, -0.15) is 0 Å². The lowest BCUT2D eigenvalue weighted by atomic mass is 10.1. The number of aryl methyl sites for hydroxylation is 1. The Hall–Kier alpha value is -2.67. The molecule has 1 aliphatic heterocycles. The highest BCUT2D eigenvalue weighted by molar-refractivity contribution is 9.10. The van der Waals surface area contributed by atoms with Gasteiger partial charge in [-0.1, -0.05) is 28.1 Å². The van der Waals surface area contributed by atoms with Crippen LogP contribution in [0.4, 0.5) is 17.1 Å². The van der Waals surface area contributed by atoms with Crippen molar-refractivity contribution in [1.29, 1.82) is 0 Å². The number of carbonyl (C=O) groups is 3. The minimum Gasteiger partial charge on any atom is -0.326 e. The molecular weight excluding hydrogens is 410 g/mol. The summed E-state index contributed by atoms with van der Waals surface area (Å²) < 4.78 is 0.880. The van der Waals surface area contributed by atoms with Gasteiger partial charge in [0.1, 0.15) is 0 Å². The van der Waals surface area contributed by atoms with Crippen molar-refractivity contribution < 1.29 is 14.4 Å². The monoisotopic (exact) mass is 429 g/mol. The molecule has 6 nitrogen and oxygen atoms in total. The summed E-state index contributed by atoms with van der Waals surface area (Å²) in [6, 6.07) is 12.8. The van der Waals surface area contributed by atoms with Crippen molar-refractivity contribution in [2.45, 2.75) is 20.3 Å². The molecule has 0 aromatic heterocycles. The molecule has 2 N–H and O–H groups in total. The van der Waals surface area contributed by atoms with E-state index in [9.17, 15) is 14.4 Å². The van der Waals surface area contributed by atoms with E-state index in [2.05, 4.69) is 26.6 Å². The molecule has 3 rings (SSSR count). The molecule has 1 aliphatic rings. The number of nitrogens with zero attached hydrogens (tertiary/aromatic N) is 1. The first-order valence-corrected chi connectivity index (χ1v) is 9.38. The van der Waals surface area contributed by atoms with E-state index in [1.807, 2.05) is 37.3 Å². The second-order valence-corrected chi connectivity index (χ2v) is 7.50. The maximum absolute atomic E-state index is 12.6. The van der Waals surface area contributed by atoms with Crippen LogP contribution in [0, 0.1) is 12.8 Å². The van der Waals surface area contributed by atoms with Crippen molar-refractivity contribution in [2.75, 3.05) is 22.1 Å². The topological polar surface area (TPSA) is 78.5 Å². The zero-order valence-corrected chi connectivity index (χ0v) is 16.7. The van der Waals surface area contributed by atoms with Crippen molar-refractivity contribution in [1.82, 2.24) is 0 Å². The van der Waals surface area contributed by atoms with Crippen LogP contribution in [0.2, 0.25) is 0 Å². The highest BCUT2D eigenvalue weighted by Crippen LogP contribution is 2.28. The summed E-state index contributed by atoms with van der Waals surface area (Å²) in [5.74, 6) is -0.885. The van der Waals surface area contributed by atoms with Gasteiger partial charge in [0.05, 0.1) is 5.92 Å². The Bertz CT molecular complexity index is 913. The lowest BCUT2D eigenvalue weighted by Gasteiger charge is -2.17. The third kappa shape index (κ3) is 4.54.